The van der Waals surface area contributed by atoms with Gasteiger partial charge in [0, 0.05) is 35.5 Å². The first-order valence-corrected chi connectivity index (χ1v) is 13.3. The molecule has 0 amide bonds. The molecule has 0 radical (unpaired) electrons. The van der Waals surface area contributed by atoms with Crippen molar-refractivity contribution in [1.82, 2.24) is 9.13 Å². The third-order valence-corrected chi connectivity index (χ3v) is 7.57. The van der Waals surface area contributed by atoms with Gasteiger partial charge >= 0.3 is 0 Å². The molecular weight excluding hydrogens is 503 g/mol. The minimum atomic E-state index is -0.417. The smallest absolute Gasteiger partial charge is 0.265 e. The maximum Gasteiger partial charge on any atom is 0.265 e. The van der Waals surface area contributed by atoms with E-state index < -0.39 is 11.2 Å². The maximum atomic E-state index is 14.5. The monoisotopic (exact) mass is 532 g/mol. The number of carbonyl (C=O) groups excluding carboxylic acids is 1. The number of aliphatic hydroxyl groups excluding tert-OH is 1. The second kappa shape index (κ2) is 9.49. The third-order valence-electron chi connectivity index (χ3n) is 7.57. The van der Waals surface area contributed by atoms with Gasteiger partial charge in [-0.2, -0.15) is 0 Å². The Morgan fingerprint density at radius 1 is 0.800 bits per heavy atom. The zero-order valence-corrected chi connectivity index (χ0v) is 22.6. The summed E-state index contributed by atoms with van der Waals surface area (Å²) in [5.74, 6) is -0.661. The summed E-state index contributed by atoms with van der Waals surface area (Å²) in [6, 6.07) is 26.8. The summed E-state index contributed by atoms with van der Waals surface area (Å²) < 4.78 is 17.7. The van der Waals surface area contributed by atoms with Crippen LogP contribution in [0.5, 0.6) is 0 Å². The lowest BCUT2D eigenvalue weighted by Gasteiger charge is -2.30. The topological polar surface area (TPSA) is 64.2 Å². The van der Waals surface area contributed by atoms with Crippen LogP contribution in [0.4, 0.5) is 4.39 Å². The first kappa shape index (κ1) is 25.6. The van der Waals surface area contributed by atoms with Gasteiger partial charge in [0.25, 0.3) is 5.56 Å². The fourth-order valence-corrected chi connectivity index (χ4v) is 5.92. The molecule has 0 unspecified atom stereocenters. The van der Waals surface area contributed by atoms with Gasteiger partial charge in [-0.1, -0.05) is 50.2 Å². The molecule has 40 heavy (non-hydrogen) atoms. The van der Waals surface area contributed by atoms with Crippen molar-refractivity contribution in [3.8, 4) is 22.6 Å². The molecular formula is C34H29FN2O3. The van der Waals surface area contributed by atoms with Crippen LogP contribution in [-0.4, -0.2) is 20.0 Å². The number of pyridine rings is 1. The predicted molar refractivity (Wildman–Crippen MR) is 157 cm³/mol. The standard InChI is InChI=1S/C34H29FN2O3/c1-21-18-26-29(33(40)36(21)24-10-6-4-7-11-24)31(30-27(38)19-34(2,3)20-28(30)39)32(22-14-16-23(35)17-15-22)37(26)25-12-8-5-9-13-25/h4-18,38H,19-20H2,1-3H3. The molecule has 5 nitrogen and oxygen atoms in total. The van der Waals surface area contributed by atoms with E-state index in [0.29, 0.717) is 45.5 Å². The Morgan fingerprint density at radius 2 is 1.38 bits per heavy atom. The number of aromatic nitrogens is 2. The highest BCUT2D eigenvalue weighted by molar-refractivity contribution is 6.27. The Bertz CT molecular complexity index is 1860. The fourth-order valence-electron chi connectivity index (χ4n) is 5.92. The molecule has 1 aliphatic rings. The van der Waals surface area contributed by atoms with Gasteiger partial charge in [0.1, 0.15) is 11.6 Å². The zero-order valence-electron chi connectivity index (χ0n) is 22.6. The molecule has 0 saturated carbocycles. The van der Waals surface area contributed by atoms with Crippen LogP contribution in [0.1, 0.15) is 37.9 Å². The van der Waals surface area contributed by atoms with Gasteiger partial charge < -0.3 is 9.67 Å². The van der Waals surface area contributed by atoms with Crippen LogP contribution in [-0.2, 0) is 4.79 Å². The molecule has 0 atom stereocenters. The summed E-state index contributed by atoms with van der Waals surface area (Å²) in [4.78, 5) is 28.3. The van der Waals surface area contributed by atoms with Crippen molar-refractivity contribution in [2.24, 2.45) is 5.41 Å². The molecule has 3 aromatic carbocycles. The Labute approximate surface area is 231 Å². The second-order valence-corrected chi connectivity index (χ2v) is 11.2. The van der Waals surface area contributed by atoms with Crippen LogP contribution in [0.2, 0.25) is 0 Å². The number of carbonyl (C=O) groups is 1. The Hall–Kier alpha value is -4.71. The van der Waals surface area contributed by atoms with Crippen molar-refractivity contribution >= 4 is 22.3 Å². The van der Waals surface area contributed by atoms with Crippen molar-refractivity contribution in [3.63, 3.8) is 0 Å². The lowest BCUT2D eigenvalue weighted by Crippen LogP contribution is -2.26. The Balaban J connectivity index is 1.85. The van der Waals surface area contributed by atoms with E-state index in [1.807, 2.05) is 92.1 Å². The first-order valence-electron chi connectivity index (χ1n) is 13.3. The molecule has 2 aromatic heterocycles. The van der Waals surface area contributed by atoms with E-state index >= 15 is 0 Å². The van der Waals surface area contributed by atoms with Crippen molar-refractivity contribution in [2.45, 2.75) is 33.6 Å². The molecule has 0 fully saturated rings. The number of hydrogen-bond donors (Lipinski definition) is 1. The van der Waals surface area contributed by atoms with Crippen LogP contribution in [0, 0.1) is 18.2 Å². The number of aliphatic hydroxyl groups is 1. The van der Waals surface area contributed by atoms with E-state index in [1.165, 1.54) is 12.1 Å². The third kappa shape index (κ3) is 4.16. The largest absolute Gasteiger partial charge is 0.512 e. The van der Waals surface area contributed by atoms with Crippen molar-refractivity contribution < 1.29 is 14.3 Å². The Morgan fingerprint density at radius 3 is 1.95 bits per heavy atom. The minimum absolute atomic E-state index is 0.0389. The lowest BCUT2D eigenvalue weighted by atomic mass is 9.74. The molecule has 1 N–H and O–H groups in total. The predicted octanol–water partition coefficient (Wildman–Crippen LogP) is 7.55. The average Bonchev–Trinajstić information content (AvgIpc) is 3.23. The molecule has 2 heterocycles. The van der Waals surface area contributed by atoms with Crippen LogP contribution in [0.3, 0.4) is 0 Å². The summed E-state index contributed by atoms with van der Waals surface area (Å²) in [5, 5.41) is 11.7. The number of benzene rings is 3. The van der Waals surface area contributed by atoms with Crippen LogP contribution >= 0.6 is 0 Å². The van der Waals surface area contributed by atoms with E-state index in [9.17, 15) is 19.1 Å². The summed E-state index contributed by atoms with van der Waals surface area (Å²) in [5.41, 5.74) is 3.78. The number of halogens is 1. The normalized spacial score (nSPS) is 15.2. The molecule has 5 aromatic rings. The SMILES string of the molecule is Cc1cc2c(c(C3=C(O)CC(C)(C)CC3=O)c(-c3ccc(F)cc3)n2-c2ccccc2)c(=O)n1-c1ccccc1. The number of nitrogens with zero attached hydrogens (tertiary/aromatic N) is 2. The minimum Gasteiger partial charge on any atom is -0.512 e. The highest BCUT2D eigenvalue weighted by Gasteiger charge is 2.38. The first-order chi connectivity index (χ1) is 19.2. The molecule has 0 bridgehead atoms. The van der Waals surface area contributed by atoms with Crippen LogP contribution in [0.25, 0.3) is 39.1 Å². The maximum absolute atomic E-state index is 14.5. The molecule has 200 valence electrons. The average molecular weight is 533 g/mol. The molecule has 1 aliphatic carbocycles. The molecule has 0 spiro atoms. The van der Waals surface area contributed by atoms with Gasteiger partial charge in [0.15, 0.2) is 5.78 Å². The van der Waals surface area contributed by atoms with E-state index in [0.717, 1.165) is 5.69 Å². The van der Waals surface area contributed by atoms with E-state index in [-0.39, 0.29) is 29.1 Å². The highest BCUT2D eigenvalue weighted by Crippen LogP contribution is 2.46. The number of fused-ring (bicyclic) bond motifs is 1. The van der Waals surface area contributed by atoms with Crippen molar-refractivity contribution in [2.75, 3.05) is 0 Å². The van der Waals surface area contributed by atoms with E-state index in [1.54, 1.807) is 16.7 Å². The number of Topliss-reactive ketones (excluding diaryl/α,β-unsaturated/α-hetero) is 1. The quantitative estimate of drug-likeness (QED) is 0.260. The number of para-hydroxylation sites is 2. The van der Waals surface area contributed by atoms with E-state index in [4.69, 9.17) is 0 Å². The van der Waals surface area contributed by atoms with Crippen molar-refractivity contribution in [3.05, 3.63) is 124 Å². The number of rotatable bonds is 4. The van der Waals surface area contributed by atoms with E-state index in [2.05, 4.69) is 0 Å². The summed E-state index contributed by atoms with van der Waals surface area (Å²) in [6.45, 7) is 5.76. The second-order valence-electron chi connectivity index (χ2n) is 11.2. The number of allylic oxidation sites excluding steroid dienone is 2. The van der Waals surface area contributed by atoms with Gasteiger partial charge in [-0.05, 0) is 72.5 Å². The van der Waals surface area contributed by atoms with Gasteiger partial charge in [0.05, 0.1) is 22.2 Å². The number of aryl methyl sites for hydroxylation is 1. The van der Waals surface area contributed by atoms with Gasteiger partial charge in [-0.25, -0.2) is 4.39 Å². The molecule has 6 rings (SSSR count). The van der Waals surface area contributed by atoms with Crippen molar-refractivity contribution in [1.29, 1.82) is 0 Å². The molecule has 0 aliphatic heterocycles. The summed E-state index contributed by atoms with van der Waals surface area (Å²) in [7, 11) is 0. The Kier molecular flexibility index (Phi) is 6.06. The van der Waals surface area contributed by atoms with Crippen LogP contribution in [0.15, 0.2) is 102 Å². The van der Waals surface area contributed by atoms with Gasteiger partial charge in [-0.3, -0.25) is 14.2 Å². The molecule has 0 saturated heterocycles. The lowest BCUT2D eigenvalue weighted by molar-refractivity contribution is -0.116. The summed E-state index contributed by atoms with van der Waals surface area (Å²) in [6.07, 6.45) is 0.527. The molecule has 6 heteroatoms. The number of ketones is 1. The van der Waals surface area contributed by atoms with Crippen LogP contribution < -0.4 is 5.56 Å². The number of hydrogen-bond acceptors (Lipinski definition) is 3. The fraction of sp³-hybridized carbons (Fsp3) is 0.176. The summed E-state index contributed by atoms with van der Waals surface area (Å²) >= 11 is 0. The highest BCUT2D eigenvalue weighted by atomic mass is 19.1. The van der Waals surface area contributed by atoms with Gasteiger partial charge in [0.2, 0.25) is 0 Å². The zero-order chi connectivity index (χ0) is 28.2. The van der Waals surface area contributed by atoms with Gasteiger partial charge in [-0.15, -0.1) is 0 Å².